The van der Waals surface area contributed by atoms with Crippen LogP contribution < -0.4 is 4.74 Å². The third-order valence-corrected chi connectivity index (χ3v) is 3.92. The van der Waals surface area contributed by atoms with Crippen molar-refractivity contribution in [3.8, 4) is 5.75 Å². The fraction of sp³-hybridized carbons (Fsp3) is 0.333. The van der Waals surface area contributed by atoms with Crippen LogP contribution >= 0.6 is 11.3 Å². The van der Waals surface area contributed by atoms with Crippen LogP contribution in [0.15, 0.2) is 30.1 Å². The van der Waals surface area contributed by atoms with E-state index < -0.39 is 0 Å². The minimum absolute atomic E-state index is 0.0157. The van der Waals surface area contributed by atoms with Crippen molar-refractivity contribution >= 4 is 27.8 Å². The van der Waals surface area contributed by atoms with Gasteiger partial charge >= 0.3 is 0 Å². The Balaban J connectivity index is 2.10. The summed E-state index contributed by atoms with van der Waals surface area (Å²) in [5, 5.41) is 1.12. The Hall–Kier alpha value is -1.75. The molecular weight excluding hydrogens is 277 g/mol. The average molecular weight is 293 g/mol. The molecule has 2 rings (SSSR count). The molecule has 0 unspecified atom stereocenters. The summed E-state index contributed by atoms with van der Waals surface area (Å²) in [4.78, 5) is 15.0. The highest BCUT2D eigenvalue weighted by Crippen LogP contribution is 2.27. The Kier molecular flexibility index (Phi) is 5.24. The van der Waals surface area contributed by atoms with E-state index in [1.165, 1.54) is 0 Å². The summed E-state index contributed by atoms with van der Waals surface area (Å²) in [6.45, 7) is 2.09. The molecule has 0 amide bonds. The Morgan fingerprint density at radius 2 is 2.35 bits per heavy atom. The maximum Gasteiger partial charge on any atom is 0.151 e. The topological polar surface area (TPSA) is 39.2 Å². The highest BCUT2D eigenvalue weighted by atomic mass is 32.1. The van der Waals surface area contributed by atoms with E-state index in [2.05, 4.69) is 11.9 Å². The first-order valence-electron chi connectivity index (χ1n) is 6.53. The van der Waals surface area contributed by atoms with Crippen molar-refractivity contribution in [3.63, 3.8) is 0 Å². The van der Waals surface area contributed by atoms with Crippen molar-refractivity contribution in [3.05, 3.63) is 35.1 Å². The molecule has 1 heterocycles. The molecule has 0 bridgehead atoms. The van der Waals surface area contributed by atoms with Crippen LogP contribution in [0, 0.1) is 0 Å². The lowest BCUT2D eigenvalue weighted by Crippen LogP contribution is -2.01. The Morgan fingerprint density at radius 1 is 1.50 bits per heavy atom. The summed E-state index contributed by atoms with van der Waals surface area (Å²) < 4.78 is 18.7. The number of nitrogens with zero attached hydrogens (tertiary/aromatic N) is 1. The van der Waals surface area contributed by atoms with Crippen LogP contribution in [0.1, 0.15) is 24.8 Å². The molecule has 0 N–H and O–H groups in total. The number of hydrogen-bond donors (Lipinski definition) is 0. The summed E-state index contributed by atoms with van der Waals surface area (Å²) in [5.41, 5.74) is 0.933. The quantitative estimate of drug-likeness (QED) is 0.570. The van der Waals surface area contributed by atoms with Crippen LogP contribution in [-0.2, 0) is 11.2 Å². The third kappa shape index (κ3) is 3.63. The number of aldehydes is 1. The molecule has 106 valence electrons. The molecule has 1 aromatic heterocycles. The minimum Gasteiger partial charge on any atom is -0.489 e. The third-order valence-electron chi connectivity index (χ3n) is 2.85. The van der Waals surface area contributed by atoms with Crippen LogP contribution in [-0.4, -0.2) is 17.9 Å². The van der Waals surface area contributed by atoms with Gasteiger partial charge in [-0.1, -0.05) is 13.3 Å². The molecular formula is C15H16FNO2S. The highest BCUT2D eigenvalue weighted by molar-refractivity contribution is 7.18. The number of aromatic nitrogens is 1. The van der Waals surface area contributed by atoms with Crippen molar-refractivity contribution in [1.29, 1.82) is 0 Å². The maximum atomic E-state index is 12.3. The monoisotopic (exact) mass is 293 g/mol. The number of ether oxygens (including phenoxy) is 1. The lowest BCUT2D eigenvalue weighted by Gasteiger charge is -2.04. The molecule has 5 heteroatoms. The zero-order chi connectivity index (χ0) is 14.4. The van der Waals surface area contributed by atoms with E-state index in [9.17, 15) is 9.18 Å². The fourth-order valence-corrected chi connectivity index (χ4v) is 2.77. The number of unbranched alkanes of at least 4 members (excludes halogenated alkanes) is 1. The van der Waals surface area contributed by atoms with E-state index >= 15 is 0 Å². The molecule has 0 saturated heterocycles. The van der Waals surface area contributed by atoms with Gasteiger partial charge in [0.05, 0.1) is 27.1 Å². The second kappa shape index (κ2) is 7.14. The molecule has 3 nitrogen and oxygen atoms in total. The Morgan fingerprint density at radius 3 is 3.05 bits per heavy atom. The SMILES string of the molecule is CCCCc1nc2ccc(OC/C(C=O)=C\F)cc2s1. The van der Waals surface area contributed by atoms with E-state index in [1.54, 1.807) is 17.4 Å². The van der Waals surface area contributed by atoms with Gasteiger partial charge in [0.1, 0.15) is 12.4 Å². The zero-order valence-corrected chi connectivity index (χ0v) is 12.1. The number of halogens is 1. The smallest absolute Gasteiger partial charge is 0.151 e. The summed E-state index contributed by atoms with van der Waals surface area (Å²) >= 11 is 1.65. The normalized spacial score (nSPS) is 11.8. The predicted molar refractivity (Wildman–Crippen MR) is 79.0 cm³/mol. The van der Waals surface area contributed by atoms with Crippen molar-refractivity contribution < 1.29 is 13.9 Å². The van der Waals surface area contributed by atoms with E-state index in [1.807, 2.05) is 12.1 Å². The first-order chi connectivity index (χ1) is 9.76. The number of benzene rings is 1. The molecule has 0 aliphatic carbocycles. The van der Waals surface area contributed by atoms with E-state index in [4.69, 9.17) is 4.74 Å². The zero-order valence-electron chi connectivity index (χ0n) is 11.3. The molecule has 0 saturated carbocycles. The van der Waals surface area contributed by atoms with Gasteiger partial charge in [-0.3, -0.25) is 4.79 Å². The van der Waals surface area contributed by atoms with Gasteiger partial charge in [-0.25, -0.2) is 9.37 Å². The second-order valence-electron chi connectivity index (χ2n) is 4.43. The van der Waals surface area contributed by atoms with Gasteiger partial charge in [0.2, 0.25) is 0 Å². The number of thiazole rings is 1. The summed E-state index contributed by atoms with van der Waals surface area (Å²) in [5.74, 6) is 0.615. The highest BCUT2D eigenvalue weighted by Gasteiger charge is 2.06. The first-order valence-corrected chi connectivity index (χ1v) is 7.35. The lowest BCUT2D eigenvalue weighted by molar-refractivity contribution is -0.105. The van der Waals surface area contributed by atoms with Gasteiger partial charge in [-0.2, -0.15) is 0 Å². The number of hydrogen-bond acceptors (Lipinski definition) is 4. The van der Waals surface area contributed by atoms with E-state index in [0.717, 1.165) is 34.5 Å². The number of aryl methyl sites for hydroxylation is 1. The Bertz CT molecular complexity index is 621. The molecule has 0 fully saturated rings. The summed E-state index contributed by atoms with van der Waals surface area (Å²) in [6, 6.07) is 5.55. The van der Waals surface area contributed by atoms with Crippen LogP contribution in [0.3, 0.4) is 0 Å². The predicted octanol–water partition coefficient (Wildman–Crippen LogP) is 4.07. The molecule has 20 heavy (non-hydrogen) atoms. The maximum absolute atomic E-state index is 12.3. The Labute approximate surface area is 121 Å². The van der Waals surface area contributed by atoms with Crippen LogP contribution in [0.4, 0.5) is 4.39 Å². The van der Waals surface area contributed by atoms with Gasteiger partial charge in [-0.05, 0) is 31.0 Å². The number of rotatable bonds is 7. The second-order valence-corrected chi connectivity index (χ2v) is 5.55. The number of carbonyl (C=O) groups excluding carboxylic acids is 1. The largest absolute Gasteiger partial charge is 0.489 e. The van der Waals surface area contributed by atoms with Crippen molar-refractivity contribution in [2.24, 2.45) is 0 Å². The molecule has 0 spiro atoms. The van der Waals surface area contributed by atoms with Crippen LogP contribution in [0.5, 0.6) is 5.75 Å². The summed E-state index contributed by atoms with van der Waals surface area (Å²) in [7, 11) is 0. The lowest BCUT2D eigenvalue weighted by atomic mass is 10.2. The molecule has 0 radical (unpaired) electrons. The standard InChI is InChI=1S/C15H16FNO2S/c1-2-3-4-15-17-13-6-5-12(7-14(13)20-15)19-10-11(8-16)9-18/h5-9H,2-4,10H2,1H3/b11-8-. The molecule has 0 aliphatic heterocycles. The summed E-state index contributed by atoms with van der Waals surface area (Å²) in [6.07, 6.45) is 3.99. The van der Waals surface area contributed by atoms with Crippen molar-refractivity contribution in [2.75, 3.05) is 6.61 Å². The van der Waals surface area contributed by atoms with Gasteiger partial charge in [-0.15, -0.1) is 11.3 Å². The van der Waals surface area contributed by atoms with Crippen LogP contribution in [0.25, 0.3) is 10.2 Å². The molecule has 2 aromatic rings. The molecule has 0 atom stereocenters. The first kappa shape index (κ1) is 14.7. The molecule has 0 aliphatic rings. The van der Waals surface area contributed by atoms with Gasteiger partial charge < -0.3 is 4.74 Å². The average Bonchev–Trinajstić information content (AvgIpc) is 2.88. The van der Waals surface area contributed by atoms with Crippen LogP contribution in [0.2, 0.25) is 0 Å². The number of carbonyl (C=O) groups is 1. The molecule has 1 aromatic carbocycles. The van der Waals surface area contributed by atoms with Gasteiger partial charge in [0.25, 0.3) is 0 Å². The number of fused-ring (bicyclic) bond motifs is 1. The van der Waals surface area contributed by atoms with Crippen molar-refractivity contribution in [1.82, 2.24) is 4.98 Å². The fourth-order valence-electron chi connectivity index (χ4n) is 1.74. The van der Waals surface area contributed by atoms with Gasteiger partial charge in [0.15, 0.2) is 6.29 Å². The van der Waals surface area contributed by atoms with E-state index in [0.29, 0.717) is 12.0 Å². The van der Waals surface area contributed by atoms with Gasteiger partial charge in [0, 0.05) is 0 Å². The van der Waals surface area contributed by atoms with E-state index in [-0.39, 0.29) is 18.5 Å². The van der Waals surface area contributed by atoms with Crippen molar-refractivity contribution in [2.45, 2.75) is 26.2 Å². The minimum atomic E-state index is -0.0625.